The summed E-state index contributed by atoms with van der Waals surface area (Å²) >= 11 is 0. The van der Waals surface area contributed by atoms with Crippen LogP contribution in [-0.4, -0.2) is 28.8 Å². The number of nitrogens with one attached hydrogen (secondary N) is 2. The molecule has 0 aliphatic heterocycles. The van der Waals surface area contributed by atoms with Gasteiger partial charge >= 0.3 is 5.97 Å². The van der Waals surface area contributed by atoms with Crippen molar-refractivity contribution in [2.24, 2.45) is 0 Å². The number of benzene rings is 2. The quantitative estimate of drug-likeness (QED) is 0.626. The molecule has 3 aromatic rings. The maximum Gasteiger partial charge on any atom is 0.337 e. The molecule has 150 valence electrons. The number of aromatic nitrogens is 2. The van der Waals surface area contributed by atoms with Crippen LogP contribution in [0, 0.1) is 12.7 Å². The third-order valence-corrected chi connectivity index (χ3v) is 4.47. The van der Waals surface area contributed by atoms with Crippen molar-refractivity contribution in [3.8, 4) is 5.69 Å². The fourth-order valence-corrected chi connectivity index (χ4v) is 2.92. The first-order valence-corrected chi connectivity index (χ1v) is 8.93. The molecule has 3 rings (SSSR count). The van der Waals surface area contributed by atoms with Gasteiger partial charge in [0.1, 0.15) is 5.82 Å². The molecule has 2 aromatic carbocycles. The maximum absolute atomic E-state index is 13.1. The molecule has 7 nitrogen and oxygen atoms in total. The minimum absolute atomic E-state index is 0.107. The van der Waals surface area contributed by atoms with E-state index in [4.69, 9.17) is 0 Å². The first kappa shape index (κ1) is 20.1. The normalized spacial score (nSPS) is 10.6. The van der Waals surface area contributed by atoms with E-state index in [1.165, 1.54) is 36.1 Å². The lowest BCUT2D eigenvalue weighted by atomic mass is 10.1. The van der Waals surface area contributed by atoms with Gasteiger partial charge in [-0.05, 0) is 61.9 Å². The second kappa shape index (κ2) is 8.55. The van der Waals surface area contributed by atoms with Crippen LogP contribution in [0.15, 0.2) is 53.3 Å². The summed E-state index contributed by atoms with van der Waals surface area (Å²) in [5.41, 5.74) is 2.30. The topological polar surface area (TPSA) is 93.2 Å². The summed E-state index contributed by atoms with van der Waals surface area (Å²) in [6.45, 7) is 1.75. The van der Waals surface area contributed by atoms with Crippen LogP contribution in [0.5, 0.6) is 0 Å². The largest absolute Gasteiger partial charge is 0.465 e. The van der Waals surface area contributed by atoms with Crippen LogP contribution < -0.4 is 10.9 Å². The second-order valence-electron chi connectivity index (χ2n) is 6.45. The minimum Gasteiger partial charge on any atom is -0.465 e. The lowest BCUT2D eigenvalue weighted by Gasteiger charge is -2.06. The van der Waals surface area contributed by atoms with E-state index in [1.807, 2.05) is 0 Å². The molecule has 0 bridgehead atoms. The summed E-state index contributed by atoms with van der Waals surface area (Å²) < 4.78 is 19.0. The minimum atomic E-state index is -0.455. The van der Waals surface area contributed by atoms with E-state index in [-0.39, 0.29) is 30.1 Å². The van der Waals surface area contributed by atoms with Crippen LogP contribution >= 0.6 is 0 Å². The maximum atomic E-state index is 13.1. The van der Waals surface area contributed by atoms with E-state index < -0.39 is 5.97 Å². The van der Waals surface area contributed by atoms with Gasteiger partial charge < -0.3 is 10.1 Å². The highest BCUT2D eigenvalue weighted by Gasteiger charge is 2.14. The fraction of sp³-hybridized carbons (Fsp3) is 0.190. The zero-order valence-corrected chi connectivity index (χ0v) is 16.0. The SMILES string of the molecule is COC(=O)c1ccc(NC(=O)CCc2c(C)[nH]n(-c3ccc(F)cc3)c2=O)cc1. The number of hydrogen-bond acceptors (Lipinski definition) is 4. The molecule has 0 unspecified atom stereocenters. The predicted molar refractivity (Wildman–Crippen MR) is 106 cm³/mol. The molecular weight excluding hydrogens is 377 g/mol. The van der Waals surface area contributed by atoms with Crippen molar-refractivity contribution in [3.63, 3.8) is 0 Å². The van der Waals surface area contributed by atoms with Gasteiger partial charge in [-0.3, -0.25) is 14.7 Å². The molecule has 0 atom stereocenters. The molecule has 0 aliphatic carbocycles. The zero-order valence-electron chi connectivity index (χ0n) is 16.0. The molecule has 1 aromatic heterocycles. The number of carbonyl (C=O) groups excluding carboxylic acids is 2. The number of nitrogens with zero attached hydrogens (tertiary/aromatic N) is 1. The summed E-state index contributed by atoms with van der Waals surface area (Å²) in [5, 5.41) is 5.68. The third-order valence-electron chi connectivity index (χ3n) is 4.47. The lowest BCUT2D eigenvalue weighted by Crippen LogP contribution is -2.19. The van der Waals surface area contributed by atoms with Crippen molar-refractivity contribution in [3.05, 3.63) is 81.5 Å². The van der Waals surface area contributed by atoms with Crippen LogP contribution in [0.1, 0.15) is 28.0 Å². The molecule has 2 N–H and O–H groups in total. The third kappa shape index (κ3) is 4.60. The first-order chi connectivity index (χ1) is 13.9. The van der Waals surface area contributed by atoms with E-state index in [0.29, 0.717) is 28.2 Å². The van der Waals surface area contributed by atoms with Crippen molar-refractivity contribution in [2.45, 2.75) is 19.8 Å². The molecular formula is C21H20FN3O4. The molecule has 8 heteroatoms. The Hall–Kier alpha value is -3.68. The number of hydrogen-bond donors (Lipinski definition) is 2. The number of anilines is 1. The van der Waals surface area contributed by atoms with E-state index in [0.717, 1.165) is 0 Å². The van der Waals surface area contributed by atoms with Gasteiger partial charge in [-0.1, -0.05) is 0 Å². The number of methoxy groups -OCH3 is 1. The van der Waals surface area contributed by atoms with Gasteiger partial charge in [0.05, 0.1) is 18.4 Å². The van der Waals surface area contributed by atoms with Crippen molar-refractivity contribution in [1.29, 1.82) is 0 Å². The number of ether oxygens (including phenoxy) is 1. The smallest absolute Gasteiger partial charge is 0.337 e. The number of rotatable bonds is 6. The lowest BCUT2D eigenvalue weighted by molar-refractivity contribution is -0.116. The Morgan fingerprint density at radius 3 is 2.38 bits per heavy atom. The van der Waals surface area contributed by atoms with Gasteiger partial charge in [0, 0.05) is 23.4 Å². The Bertz CT molecular complexity index is 1080. The van der Waals surface area contributed by atoms with Gasteiger partial charge in [0.25, 0.3) is 5.56 Å². The first-order valence-electron chi connectivity index (χ1n) is 8.93. The average Bonchev–Trinajstić information content (AvgIpc) is 3.00. The van der Waals surface area contributed by atoms with Crippen LogP contribution in [-0.2, 0) is 16.0 Å². The van der Waals surface area contributed by atoms with E-state index in [1.54, 1.807) is 31.2 Å². The predicted octanol–water partition coefficient (Wildman–Crippen LogP) is 2.97. The Labute approximate surface area is 166 Å². The Kier molecular flexibility index (Phi) is 5.92. The number of halogens is 1. The standard InChI is InChI=1S/C21H20FN3O4/c1-13-18(20(27)25(24-13)17-9-5-15(22)6-10-17)11-12-19(26)23-16-7-3-14(4-8-16)21(28)29-2/h3-10,24H,11-12H2,1-2H3,(H,23,26). The van der Waals surface area contributed by atoms with Gasteiger partial charge in [0.2, 0.25) is 5.91 Å². The molecule has 0 saturated carbocycles. The number of carbonyl (C=O) groups is 2. The summed E-state index contributed by atoms with van der Waals surface area (Å²) in [6.07, 6.45) is 0.359. The molecule has 1 heterocycles. The Morgan fingerprint density at radius 2 is 1.76 bits per heavy atom. The van der Waals surface area contributed by atoms with Crippen molar-refractivity contribution in [2.75, 3.05) is 12.4 Å². The average molecular weight is 397 g/mol. The molecule has 0 fully saturated rings. The summed E-state index contributed by atoms with van der Waals surface area (Å²) in [4.78, 5) is 36.3. The highest BCUT2D eigenvalue weighted by atomic mass is 19.1. The zero-order chi connectivity index (χ0) is 21.0. The highest BCUT2D eigenvalue weighted by molar-refractivity contribution is 5.93. The van der Waals surface area contributed by atoms with Crippen LogP contribution in [0.3, 0.4) is 0 Å². The van der Waals surface area contributed by atoms with E-state index in [9.17, 15) is 18.8 Å². The summed E-state index contributed by atoms with van der Waals surface area (Å²) in [6, 6.07) is 11.9. The molecule has 0 saturated heterocycles. The fourth-order valence-electron chi connectivity index (χ4n) is 2.92. The van der Waals surface area contributed by atoms with Gasteiger partial charge in [-0.25, -0.2) is 13.9 Å². The second-order valence-corrected chi connectivity index (χ2v) is 6.45. The summed E-state index contributed by atoms with van der Waals surface area (Å²) in [5.74, 6) is -1.10. The molecule has 1 amide bonds. The van der Waals surface area contributed by atoms with Gasteiger partial charge in [-0.15, -0.1) is 0 Å². The highest BCUT2D eigenvalue weighted by Crippen LogP contribution is 2.13. The number of H-pyrrole nitrogens is 1. The van der Waals surface area contributed by atoms with Crippen molar-refractivity contribution >= 4 is 17.6 Å². The van der Waals surface area contributed by atoms with Crippen LogP contribution in [0.4, 0.5) is 10.1 Å². The number of esters is 1. The number of aromatic amines is 1. The van der Waals surface area contributed by atoms with Crippen LogP contribution in [0.2, 0.25) is 0 Å². The number of aryl methyl sites for hydroxylation is 1. The van der Waals surface area contributed by atoms with E-state index in [2.05, 4.69) is 15.2 Å². The molecule has 29 heavy (non-hydrogen) atoms. The molecule has 0 spiro atoms. The summed E-state index contributed by atoms with van der Waals surface area (Å²) in [7, 11) is 1.30. The Balaban J connectivity index is 1.65. The van der Waals surface area contributed by atoms with Crippen molar-refractivity contribution in [1.82, 2.24) is 9.78 Å². The Morgan fingerprint density at radius 1 is 1.10 bits per heavy atom. The van der Waals surface area contributed by atoms with Crippen LogP contribution in [0.25, 0.3) is 5.69 Å². The van der Waals surface area contributed by atoms with Crippen molar-refractivity contribution < 1.29 is 18.7 Å². The van der Waals surface area contributed by atoms with Gasteiger partial charge in [-0.2, -0.15) is 0 Å². The molecule has 0 radical (unpaired) electrons. The number of amides is 1. The van der Waals surface area contributed by atoms with Gasteiger partial charge in [0.15, 0.2) is 0 Å². The van der Waals surface area contributed by atoms with E-state index >= 15 is 0 Å². The monoisotopic (exact) mass is 397 g/mol. The molecule has 0 aliphatic rings.